The van der Waals surface area contributed by atoms with Gasteiger partial charge >= 0.3 is 0 Å². The second-order valence-corrected chi connectivity index (χ2v) is 2.84. The predicted octanol–water partition coefficient (Wildman–Crippen LogP) is 0.611. The Bertz CT molecular complexity index is 307. The Labute approximate surface area is 81.5 Å². The van der Waals surface area contributed by atoms with Gasteiger partial charge in [0.05, 0.1) is 25.1 Å². The van der Waals surface area contributed by atoms with E-state index in [1.807, 2.05) is 0 Å². The van der Waals surface area contributed by atoms with Crippen molar-refractivity contribution in [2.24, 2.45) is 5.73 Å². The quantitative estimate of drug-likeness (QED) is 0.747. The van der Waals surface area contributed by atoms with E-state index in [0.717, 1.165) is 6.20 Å². The third kappa shape index (κ3) is 2.40. The van der Waals surface area contributed by atoms with Crippen LogP contribution >= 0.6 is 0 Å². The van der Waals surface area contributed by atoms with Crippen molar-refractivity contribution in [1.29, 1.82) is 0 Å². The van der Waals surface area contributed by atoms with E-state index < -0.39 is 11.9 Å². The van der Waals surface area contributed by atoms with Gasteiger partial charge in [0.25, 0.3) is 0 Å². The van der Waals surface area contributed by atoms with Crippen LogP contribution in [0.3, 0.4) is 0 Å². The molecule has 0 fully saturated rings. The molecule has 0 aromatic carbocycles. The lowest BCUT2D eigenvalue weighted by atomic mass is 10.1. The number of nitrogens with zero attached hydrogens (tertiary/aromatic N) is 1. The number of pyridine rings is 1. The molecule has 0 saturated heterocycles. The van der Waals surface area contributed by atoms with Crippen LogP contribution in [-0.2, 0) is 0 Å². The summed E-state index contributed by atoms with van der Waals surface area (Å²) < 4.78 is 17.7. The molecule has 0 amide bonds. The average Bonchev–Trinajstić information content (AvgIpc) is 2.19. The van der Waals surface area contributed by atoms with E-state index >= 15 is 0 Å². The van der Waals surface area contributed by atoms with Crippen molar-refractivity contribution in [1.82, 2.24) is 4.98 Å². The molecule has 1 heterocycles. The van der Waals surface area contributed by atoms with Gasteiger partial charge in [-0.25, -0.2) is 4.39 Å². The predicted molar refractivity (Wildman–Crippen MR) is 49.4 cm³/mol. The SMILES string of the molecule is COc1cc(C(O)CCN)ncc1F. The van der Waals surface area contributed by atoms with E-state index in [1.165, 1.54) is 13.2 Å². The van der Waals surface area contributed by atoms with E-state index in [4.69, 9.17) is 10.5 Å². The van der Waals surface area contributed by atoms with Crippen LogP contribution in [0.5, 0.6) is 5.75 Å². The Balaban J connectivity index is 2.88. The summed E-state index contributed by atoms with van der Waals surface area (Å²) in [7, 11) is 1.36. The first-order valence-corrected chi connectivity index (χ1v) is 4.26. The van der Waals surface area contributed by atoms with Crippen molar-refractivity contribution in [3.05, 3.63) is 23.8 Å². The Morgan fingerprint density at radius 2 is 2.43 bits per heavy atom. The molecule has 0 radical (unpaired) electrons. The second-order valence-electron chi connectivity index (χ2n) is 2.84. The summed E-state index contributed by atoms with van der Waals surface area (Å²) in [5.41, 5.74) is 5.64. The molecule has 0 saturated carbocycles. The van der Waals surface area contributed by atoms with Gasteiger partial charge in [-0.3, -0.25) is 4.98 Å². The van der Waals surface area contributed by atoms with Gasteiger partial charge in [0.1, 0.15) is 0 Å². The van der Waals surface area contributed by atoms with E-state index in [0.29, 0.717) is 18.7 Å². The number of methoxy groups -OCH3 is 1. The molecule has 1 unspecified atom stereocenters. The number of halogens is 1. The van der Waals surface area contributed by atoms with Crippen molar-refractivity contribution < 1.29 is 14.2 Å². The lowest BCUT2D eigenvalue weighted by Crippen LogP contribution is -2.08. The van der Waals surface area contributed by atoms with E-state index in [-0.39, 0.29) is 5.75 Å². The van der Waals surface area contributed by atoms with Gasteiger partial charge in [-0.15, -0.1) is 0 Å². The van der Waals surface area contributed by atoms with E-state index in [1.54, 1.807) is 0 Å². The monoisotopic (exact) mass is 200 g/mol. The molecule has 0 aliphatic rings. The maximum Gasteiger partial charge on any atom is 0.183 e. The van der Waals surface area contributed by atoms with Crippen LogP contribution in [0.2, 0.25) is 0 Å². The minimum Gasteiger partial charge on any atom is -0.494 e. The lowest BCUT2D eigenvalue weighted by Gasteiger charge is -2.09. The fourth-order valence-corrected chi connectivity index (χ4v) is 1.08. The molecule has 3 N–H and O–H groups in total. The number of aliphatic hydroxyl groups excluding tert-OH is 1. The summed E-state index contributed by atoms with van der Waals surface area (Å²) in [6, 6.07) is 1.37. The first-order valence-electron chi connectivity index (χ1n) is 4.26. The van der Waals surface area contributed by atoms with Gasteiger partial charge in [0.2, 0.25) is 0 Å². The first-order chi connectivity index (χ1) is 6.69. The molecule has 0 spiro atoms. The summed E-state index contributed by atoms with van der Waals surface area (Å²) in [5, 5.41) is 9.51. The maximum absolute atomic E-state index is 12.9. The molecule has 1 aromatic rings. The van der Waals surface area contributed by atoms with Crippen LogP contribution in [-0.4, -0.2) is 23.7 Å². The molecule has 4 nitrogen and oxygen atoms in total. The van der Waals surface area contributed by atoms with Gasteiger partial charge in [-0.1, -0.05) is 0 Å². The van der Waals surface area contributed by atoms with E-state index in [9.17, 15) is 9.50 Å². The summed E-state index contributed by atoms with van der Waals surface area (Å²) in [6.07, 6.45) is 0.643. The Morgan fingerprint density at radius 3 is 3.00 bits per heavy atom. The summed E-state index contributed by atoms with van der Waals surface area (Å²) in [5.74, 6) is -0.470. The van der Waals surface area contributed by atoms with Crippen molar-refractivity contribution >= 4 is 0 Å². The second kappa shape index (κ2) is 4.88. The van der Waals surface area contributed by atoms with E-state index in [2.05, 4.69) is 4.98 Å². The first kappa shape index (κ1) is 10.9. The van der Waals surface area contributed by atoms with Crippen molar-refractivity contribution in [3.63, 3.8) is 0 Å². The summed E-state index contributed by atoms with van der Waals surface area (Å²) >= 11 is 0. The highest BCUT2D eigenvalue weighted by Gasteiger charge is 2.11. The van der Waals surface area contributed by atoms with Gasteiger partial charge in [0.15, 0.2) is 11.6 Å². The van der Waals surface area contributed by atoms with Gasteiger partial charge in [0, 0.05) is 6.07 Å². The van der Waals surface area contributed by atoms with Crippen LogP contribution in [0.1, 0.15) is 18.2 Å². The molecule has 0 aliphatic carbocycles. The molecule has 78 valence electrons. The molecular weight excluding hydrogens is 187 g/mol. The highest BCUT2D eigenvalue weighted by Crippen LogP contribution is 2.21. The maximum atomic E-state index is 12.9. The minimum absolute atomic E-state index is 0.0751. The number of aromatic nitrogens is 1. The largest absolute Gasteiger partial charge is 0.494 e. The third-order valence-electron chi connectivity index (χ3n) is 1.84. The Kier molecular flexibility index (Phi) is 3.79. The van der Waals surface area contributed by atoms with Crippen LogP contribution in [0.15, 0.2) is 12.3 Å². The average molecular weight is 200 g/mol. The number of rotatable bonds is 4. The number of hydrogen-bond donors (Lipinski definition) is 2. The number of nitrogens with two attached hydrogens (primary N) is 1. The molecule has 1 aromatic heterocycles. The zero-order valence-electron chi connectivity index (χ0n) is 7.90. The molecule has 0 bridgehead atoms. The lowest BCUT2D eigenvalue weighted by molar-refractivity contribution is 0.165. The highest BCUT2D eigenvalue weighted by molar-refractivity contribution is 5.25. The summed E-state index contributed by atoms with van der Waals surface area (Å²) in [4.78, 5) is 3.74. The standard InChI is InChI=1S/C9H13FN2O2/c1-14-9-4-7(8(13)2-3-11)12-5-6(9)10/h4-5,8,13H,2-3,11H2,1H3. The van der Waals surface area contributed by atoms with Gasteiger partial charge in [-0.05, 0) is 13.0 Å². The molecular formula is C9H13FN2O2. The van der Waals surface area contributed by atoms with Crippen LogP contribution < -0.4 is 10.5 Å². The molecule has 1 atom stereocenters. The van der Waals surface area contributed by atoms with Crippen molar-refractivity contribution in [3.8, 4) is 5.75 Å². The highest BCUT2D eigenvalue weighted by atomic mass is 19.1. The Morgan fingerprint density at radius 1 is 1.71 bits per heavy atom. The van der Waals surface area contributed by atoms with Crippen molar-refractivity contribution in [2.45, 2.75) is 12.5 Å². The van der Waals surface area contributed by atoms with Crippen LogP contribution in [0.25, 0.3) is 0 Å². The molecule has 1 rings (SSSR count). The smallest absolute Gasteiger partial charge is 0.183 e. The summed E-state index contributed by atoms with van der Waals surface area (Å²) in [6.45, 7) is 0.350. The zero-order valence-corrected chi connectivity index (χ0v) is 7.90. The fraction of sp³-hybridized carbons (Fsp3) is 0.444. The van der Waals surface area contributed by atoms with Crippen molar-refractivity contribution in [2.75, 3.05) is 13.7 Å². The number of aliphatic hydroxyl groups is 1. The van der Waals surface area contributed by atoms with Gasteiger partial charge < -0.3 is 15.6 Å². The topological polar surface area (TPSA) is 68.4 Å². The van der Waals surface area contributed by atoms with Gasteiger partial charge in [-0.2, -0.15) is 0 Å². The third-order valence-corrected chi connectivity index (χ3v) is 1.84. The van der Waals surface area contributed by atoms with Crippen LogP contribution in [0.4, 0.5) is 4.39 Å². The zero-order chi connectivity index (χ0) is 10.6. The number of ether oxygens (including phenoxy) is 1. The molecule has 14 heavy (non-hydrogen) atoms. The number of hydrogen-bond acceptors (Lipinski definition) is 4. The van der Waals surface area contributed by atoms with Crippen LogP contribution in [0, 0.1) is 5.82 Å². The fourth-order valence-electron chi connectivity index (χ4n) is 1.08. The Hall–Kier alpha value is -1.20. The molecule has 0 aliphatic heterocycles. The molecule has 5 heteroatoms. The minimum atomic E-state index is -0.769. The normalized spacial score (nSPS) is 12.6.